The lowest BCUT2D eigenvalue weighted by Gasteiger charge is -2.11. The monoisotopic (exact) mass is 584 g/mol. The van der Waals surface area contributed by atoms with Crippen LogP contribution >= 0.6 is 15.9 Å². The summed E-state index contributed by atoms with van der Waals surface area (Å²) in [5, 5.41) is 16.0. The average molecular weight is 585 g/mol. The highest BCUT2D eigenvalue weighted by Gasteiger charge is 2.13. The summed E-state index contributed by atoms with van der Waals surface area (Å²) < 4.78 is 16.7. The maximum absolute atomic E-state index is 11.8. The summed E-state index contributed by atoms with van der Waals surface area (Å²) in [5.41, 5.74) is 2.36. The third kappa shape index (κ3) is 9.78. The van der Waals surface area contributed by atoms with Crippen molar-refractivity contribution in [1.82, 2.24) is 5.32 Å². The number of carbonyl (C=O) groups excluding carboxylic acids is 1. The van der Waals surface area contributed by atoms with Crippen LogP contribution in [0.2, 0.25) is 0 Å². The van der Waals surface area contributed by atoms with Gasteiger partial charge in [0, 0.05) is 13.0 Å². The summed E-state index contributed by atoms with van der Waals surface area (Å²) in [6.07, 6.45) is 0.171. The van der Waals surface area contributed by atoms with Gasteiger partial charge in [0.1, 0.15) is 24.7 Å². The highest BCUT2D eigenvalue weighted by Crippen LogP contribution is 2.26. The molecular weight excluding hydrogens is 556 g/mol. The van der Waals surface area contributed by atoms with Crippen molar-refractivity contribution in [2.75, 3.05) is 20.3 Å². The van der Waals surface area contributed by atoms with Gasteiger partial charge in [-0.25, -0.2) is 9.59 Å². The molecule has 1 amide bonds. The Morgan fingerprint density at radius 3 is 2.34 bits per heavy atom. The zero-order valence-electron chi connectivity index (χ0n) is 20.9. The van der Waals surface area contributed by atoms with Crippen molar-refractivity contribution in [3.05, 3.63) is 94.0 Å². The number of nitrogens with one attached hydrogen (secondary N) is 1. The second kappa shape index (κ2) is 15.3. The van der Waals surface area contributed by atoms with Crippen molar-refractivity contribution in [3.63, 3.8) is 0 Å². The molecule has 9 nitrogen and oxygen atoms in total. The molecule has 0 saturated heterocycles. The van der Waals surface area contributed by atoms with Gasteiger partial charge in [0.05, 0.1) is 18.2 Å². The third-order valence-corrected chi connectivity index (χ3v) is 5.86. The number of amides is 1. The molecule has 10 heteroatoms. The molecule has 0 radical (unpaired) electrons. The van der Waals surface area contributed by atoms with Crippen molar-refractivity contribution < 1.29 is 33.7 Å². The molecule has 0 aliphatic heterocycles. The lowest BCUT2D eigenvalue weighted by Crippen LogP contribution is -2.26. The number of rotatable bonds is 14. The molecule has 3 aromatic carbocycles. The number of carbonyl (C=O) groups is 2. The summed E-state index contributed by atoms with van der Waals surface area (Å²) in [7, 11) is 1.58. The maximum atomic E-state index is 11.8. The molecule has 3 aromatic rings. The summed E-state index contributed by atoms with van der Waals surface area (Å²) >= 11 is 3.46. The standard InChI is InChI=1S/C28H29BrN2O7/c1-35-23-11-8-21(9-12-23)19-38-31-25(27(32)33)17-22-10-13-26(24(29)16-22)36-15-5-14-30-28(34)37-18-20-6-3-2-4-7-20/h2-4,6-13,16H,5,14-15,17-19H2,1H3,(H,30,34)(H,32,33)/b31-25+. The van der Waals surface area contributed by atoms with Gasteiger partial charge in [0.2, 0.25) is 0 Å². The molecule has 38 heavy (non-hydrogen) atoms. The van der Waals surface area contributed by atoms with E-state index in [2.05, 4.69) is 26.4 Å². The van der Waals surface area contributed by atoms with Gasteiger partial charge in [-0.15, -0.1) is 0 Å². The van der Waals surface area contributed by atoms with E-state index in [1.807, 2.05) is 42.5 Å². The lowest BCUT2D eigenvalue weighted by molar-refractivity contribution is -0.129. The number of ether oxygens (including phenoxy) is 3. The number of oxime groups is 1. The number of halogens is 1. The number of nitrogens with zero attached hydrogens (tertiary/aromatic N) is 1. The van der Waals surface area contributed by atoms with Crippen LogP contribution in [-0.4, -0.2) is 43.1 Å². The van der Waals surface area contributed by atoms with Crippen LogP contribution in [0.1, 0.15) is 23.1 Å². The first-order valence-corrected chi connectivity index (χ1v) is 12.6. The Labute approximate surface area is 229 Å². The molecule has 3 rings (SSSR count). The largest absolute Gasteiger partial charge is 0.497 e. The van der Waals surface area contributed by atoms with E-state index in [1.54, 1.807) is 37.4 Å². The Morgan fingerprint density at radius 2 is 1.66 bits per heavy atom. The number of hydrogen-bond donors (Lipinski definition) is 2. The van der Waals surface area contributed by atoms with Crippen LogP contribution in [0.25, 0.3) is 0 Å². The van der Waals surface area contributed by atoms with Gasteiger partial charge in [0.25, 0.3) is 0 Å². The first-order valence-electron chi connectivity index (χ1n) is 11.9. The van der Waals surface area contributed by atoms with Gasteiger partial charge in [-0.1, -0.05) is 53.7 Å². The first kappa shape index (κ1) is 28.5. The van der Waals surface area contributed by atoms with E-state index >= 15 is 0 Å². The fourth-order valence-electron chi connectivity index (χ4n) is 3.24. The SMILES string of the molecule is COc1ccc(CO/N=C(\Cc2ccc(OCCCNC(=O)OCc3ccccc3)c(Br)c2)C(=O)O)cc1. The molecule has 0 aliphatic rings. The van der Waals surface area contributed by atoms with Gasteiger partial charge in [0.15, 0.2) is 5.71 Å². The summed E-state index contributed by atoms with van der Waals surface area (Å²) in [6, 6.07) is 22.0. The molecule has 0 unspecified atom stereocenters. The van der Waals surface area contributed by atoms with Crippen LogP contribution in [0.4, 0.5) is 4.79 Å². The highest BCUT2D eigenvalue weighted by atomic mass is 79.9. The molecule has 0 aromatic heterocycles. The first-order chi connectivity index (χ1) is 18.4. The highest BCUT2D eigenvalue weighted by molar-refractivity contribution is 9.10. The Hall–Kier alpha value is -4.05. The van der Waals surface area contributed by atoms with Crippen molar-refractivity contribution in [2.24, 2.45) is 5.16 Å². The molecule has 200 valence electrons. The summed E-state index contributed by atoms with van der Waals surface area (Å²) in [6.45, 7) is 1.12. The molecule has 0 atom stereocenters. The van der Waals surface area contributed by atoms with Crippen molar-refractivity contribution in [2.45, 2.75) is 26.1 Å². The molecule has 0 heterocycles. The van der Waals surface area contributed by atoms with Crippen molar-refractivity contribution in [1.29, 1.82) is 0 Å². The van der Waals surface area contributed by atoms with Gasteiger partial charge in [-0.2, -0.15) is 0 Å². The van der Waals surface area contributed by atoms with Crippen molar-refractivity contribution >= 4 is 33.7 Å². The number of hydrogen-bond acceptors (Lipinski definition) is 7. The van der Waals surface area contributed by atoms with E-state index in [1.165, 1.54) is 0 Å². The Balaban J connectivity index is 1.40. The molecule has 0 aliphatic carbocycles. The predicted octanol–water partition coefficient (Wildman–Crippen LogP) is 5.35. The van der Waals surface area contributed by atoms with Gasteiger partial charge >= 0.3 is 12.1 Å². The number of methoxy groups -OCH3 is 1. The average Bonchev–Trinajstić information content (AvgIpc) is 2.93. The van der Waals surface area contributed by atoms with Gasteiger partial charge in [-0.3, -0.25) is 0 Å². The minimum absolute atomic E-state index is 0.0752. The van der Waals surface area contributed by atoms with Crippen LogP contribution in [0, 0.1) is 0 Å². The normalized spacial score (nSPS) is 10.9. The third-order valence-electron chi connectivity index (χ3n) is 5.24. The molecule has 0 fully saturated rings. The fraction of sp³-hybridized carbons (Fsp3) is 0.250. The molecule has 2 N–H and O–H groups in total. The van der Waals surface area contributed by atoms with Crippen LogP contribution in [-0.2, 0) is 34.0 Å². The van der Waals surface area contributed by atoms with Gasteiger partial charge < -0.3 is 29.5 Å². The second-order valence-corrected chi connectivity index (χ2v) is 8.95. The lowest BCUT2D eigenvalue weighted by atomic mass is 10.1. The van der Waals surface area contributed by atoms with Crippen LogP contribution in [0.3, 0.4) is 0 Å². The summed E-state index contributed by atoms with van der Waals surface area (Å²) in [5.74, 6) is 0.160. The predicted molar refractivity (Wildman–Crippen MR) is 145 cm³/mol. The fourth-order valence-corrected chi connectivity index (χ4v) is 3.78. The molecule has 0 saturated carbocycles. The number of carboxylic acid groups (broad SMARTS) is 1. The number of benzene rings is 3. The van der Waals surface area contributed by atoms with Crippen LogP contribution in [0.15, 0.2) is 82.4 Å². The van der Waals surface area contributed by atoms with E-state index in [0.717, 1.165) is 22.4 Å². The smallest absolute Gasteiger partial charge is 0.407 e. The minimum atomic E-state index is -1.16. The quantitative estimate of drug-likeness (QED) is 0.149. The van der Waals surface area contributed by atoms with Crippen LogP contribution < -0.4 is 14.8 Å². The summed E-state index contributed by atoms with van der Waals surface area (Å²) in [4.78, 5) is 28.7. The molecule has 0 spiro atoms. The molecule has 0 bridgehead atoms. The number of alkyl carbamates (subject to hydrolysis) is 1. The van der Waals surface area contributed by atoms with E-state index in [-0.39, 0.29) is 25.3 Å². The van der Waals surface area contributed by atoms with E-state index in [9.17, 15) is 14.7 Å². The number of carboxylic acids is 1. The molecular formula is C28H29BrN2O7. The Morgan fingerprint density at radius 1 is 0.947 bits per heavy atom. The van der Waals surface area contributed by atoms with Crippen molar-refractivity contribution in [3.8, 4) is 11.5 Å². The maximum Gasteiger partial charge on any atom is 0.407 e. The van der Waals surface area contributed by atoms with E-state index in [0.29, 0.717) is 29.8 Å². The zero-order valence-corrected chi connectivity index (χ0v) is 22.5. The Bertz CT molecular complexity index is 1220. The minimum Gasteiger partial charge on any atom is -0.497 e. The van der Waals surface area contributed by atoms with Crippen LogP contribution in [0.5, 0.6) is 11.5 Å². The van der Waals surface area contributed by atoms with Gasteiger partial charge in [-0.05, 0) is 63.3 Å². The Kier molecular flexibility index (Phi) is 11.5. The number of aliphatic carboxylic acids is 1. The second-order valence-electron chi connectivity index (χ2n) is 8.10. The topological polar surface area (TPSA) is 116 Å². The zero-order chi connectivity index (χ0) is 27.2. The van der Waals surface area contributed by atoms with E-state index < -0.39 is 12.1 Å². The van der Waals surface area contributed by atoms with E-state index in [4.69, 9.17) is 19.0 Å².